The molecule has 0 radical (unpaired) electrons. The molecule has 1 aromatic heterocycles. The second-order valence-electron chi connectivity index (χ2n) is 3.78. The fourth-order valence-corrected chi connectivity index (χ4v) is 2.15. The van der Waals surface area contributed by atoms with Gasteiger partial charge in [-0.15, -0.1) is 0 Å². The maximum atomic E-state index is 12.0. The number of benzene rings is 1. The van der Waals surface area contributed by atoms with Crippen molar-refractivity contribution in [1.82, 2.24) is 4.98 Å². The quantitative estimate of drug-likeness (QED) is 0.807. The normalized spacial score (nSPS) is 10.2. The Hall–Kier alpha value is -1.20. The number of aromatic nitrogens is 1. The van der Waals surface area contributed by atoms with Crippen LogP contribution in [0.5, 0.6) is 0 Å². The third kappa shape index (κ3) is 3.17. The SMILES string of the molecule is Cc1ccc(Br)c(NC(=O)c2cccc(Br)n2)c1. The molecular weight excluding hydrogens is 360 g/mol. The number of hydrogen-bond acceptors (Lipinski definition) is 2. The summed E-state index contributed by atoms with van der Waals surface area (Å²) in [5.74, 6) is -0.234. The van der Waals surface area contributed by atoms with Gasteiger partial charge >= 0.3 is 0 Å². The molecule has 3 nitrogen and oxygen atoms in total. The molecule has 1 aromatic carbocycles. The number of nitrogens with one attached hydrogen (secondary N) is 1. The molecule has 0 spiro atoms. The molecule has 0 aliphatic heterocycles. The van der Waals surface area contributed by atoms with E-state index in [2.05, 4.69) is 42.2 Å². The molecule has 18 heavy (non-hydrogen) atoms. The average molecular weight is 370 g/mol. The molecule has 0 fully saturated rings. The second kappa shape index (κ2) is 5.63. The highest BCUT2D eigenvalue weighted by Crippen LogP contribution is 2.23. The van der Waals surface area contributed by atoms with E-state index in [1.165, 1.54) is 0 Å². The van der Waals surface area contributed by atoms with Crippen LogP contribution in [0.15, 0.2) is 45.5 Å². The van der Waals surface area contributed by atoms with Gasteiger partial charge in [-0.05, 0) is 68.6 Å². The molecule has 0 unspecified atom stereocenters. The van der Waals surface area contributed by atoms with E-state index in [0.29, 0.717) is 10.3 Å². The van der Waals surface area contributed by atoms with Crippen LogP contribution in [0.25, 0.3) is 0 Å². The Kier molecular flexibility index (Phi) is 4.14. The first-order valence-electron chi connectivity index (χ1n) is 5.26. The molecule has 2 rings (SSSR count). The number of pyridine rings is 1. The van der Waals surface area contributed by atoms with Crippen LogP contribution in [-0.4, -0.2) is 10.9 Å². The summed E-state index contributed by atoms with van der Waals surface area (Å²) in [5, 5.41) is 2.83. The van der Waals surface area contributed by atoms with Crippen molar-refractivity contribution in [1.29, 1.82) is 0 Å². The fraction of sp³-hybridized carbons (Fsp3) is 0.0769. The summed E-state index contributed by atoms with van der Waals surface area (Å²) in [6.07, 6.45) is 0. The van der Waals surface area contributed by atoms with E-state index in [4.69, 9.17) is 0 Å². The average Bonchev–Trinajstić information content (AvgIpc) is 2.34. The minimum atomic E-state index is -0.234. The van der Waals surface area contributed by atoms with Crippen molar-refractivity contribution in [3.05, 3.63) is 56.7 Å². The number of rotatable bonds is 2. The van der Waals surface area contributed by atoms with Gasteiger partial charge in [0.1, 0.15) is 10.3 Å². The summed E-state index contributed by atoms with van der Waals surface area (Å²) in [6.45, 7) is 1.97. The summed E-state index contributed by atoms with van der Waals surface area (Å²) in [6, 6.07) is 11.0. The van der Waals surface area contributed by atoms with Crippen molar-refractivity contribution < 1.29 is 4.79 Å². The van der Waals surface area contributed by atoms with Crippen molar-refractivity contribution in [3.8, 4) is 0 Å². The van der Waals surface area contributed by atoms with Gasteiger partial charge in [0.15, 0.2) is 0 Å². The zero-order valence-corrected chi connectivity index (χ0v) is 12.7. The van der Waals surface area contributed by atoms with E-state index in [1.54, 1.807) is 18.2 Å². The van der Waals surface area contributed by atoms with Crippen LogP contribution in [0.2, 0.25) is 0 Å². The monoisotopic (exact) mass is 368 g/mol. The van der Waals surface area contributed by atoms with E-state index < -0.39 is 0 Å². The predicted molar refractivity (Wildman–Crippen MR) is 78.8 cm³/mol. The van der Waals surface area contributed by atoms with E-state index in [0.717, 1.165) is 15.7 Å². The number of halogens is 2. The molecule has 1 heterocycles. The summed E-state index contributed by atoms with van der Waals surface area (Å²) < 4.78 is 1.48. The van der Waals surface area contributed by atoms with Crippen molar-refractivity contribution >= 4 is 43.5 Å². The zero-order chi connectivity index (χ0) is 13.1. The molecule has 92 valence electrons. The van der Waals surface area contributed by atoms with Gasteiger partial charge in [-0.1, -0.05) is 12.1 Å². The van der Waals surface area contributed by atoms with Gasteiger partial charge in [0.2, 0.25) is 0 Å². The number of carbonyl (C=O) groups is 1. The Labute approximate surface area is 122 Å². The minimum absolute atomic E-state index is 0.234. The van der Waals surface area contributed by atoms with Gasteiger partial charge in [0, 0.05) is 4.47 Å². The molecule has 5 heteroatoms. The fourth-order valence-electron chi connectivity index (χ4n) is 1.46. The lowest BCUT2D eigenvalue weighted by Gasteiger charge is -2.08. The number of anilines is 1. The lowest BCUT2D eigenvalue weighted by atomic mass is 10.2. The Morgan fingerprint density at radius 3 is 2.72 bits per heavy atom. The van der Waals surface area contributed by atoms with Crippen LogP contribution in [-0.2, 0) is 0 Å². The Morgan fingerprint density at radius 2 is 2.00 bits per heavy atom. The van der Waals surface area contributed by atoms with Gasteiger partial charge < -0.3 is 5.32 Å². The largest absolute Gasteiger partial charge is 0.320 e. The lowest BCUT2D eigenvalue weighted by Crippen LogP contribution is -2.14. The van der Waals surface area contributed by atoms with Crippen molar-refractivity contribution in [3.63, 3.8) is 0 Å². The molecule has 0 aliphatic carbocycles. The number of amides is 1. The number of aryl methyl sites for hydroxylation is 1. The lowest BCUT2D eigenvalue weighted by molar-refractivity contribution is 0.102. The van der Waals surface area contributed by atoms with E-state index >= 15 is 0 Å². The van der Waals surface area contributed by atoms with Crippen molar-refractivity contribution in [2.75, 3.05) is 5.32 Å². The third-order valence-corrected chi connectivity index (χ3v) is 3.45. The Balaban J connectivity index is 2.24. The van der Waals surface area contributed by atoms with E-state index in [-0.39, 0.29) is 5.91 Å². The van der Waals surface area contributed by atoms with Crippen LogP contribution >= 0.6 is 31.9 Å². The topological polar surface area (TPSA) is 42.0 Å². The van der Waals surface area contributed by atoms with Gasteiger partial charge in [-0.25, -0.2) is 4.98 Å². The van der Waals surface area contributed by atoms with Crippen LogP contribution in [0.3, 0.4) is 0 Å². The van der Waals surface area contributed by atoms with E-state index in [9.17, 15) is 4.79 Å². The number of nitrogens with zero attached hydrogens (tertiary/aromatic N) is 1. The third-order valence-electron chi connectivity index (χ3n) is 2.32. The number of carbonyl (C=O) groups excluding carboxylic acids is 1. The maximum absolute atomic E-state index is 12.0. The molecule has 1 N–H and O–H groups in total. The van der Waals surface area contributed by atoms with Gasteiger partial charge in [-0.2, -0.15) is 0 Å². The molecule has 1 amide bonds. The highest BCUT2D eigenvalue weighted by Gasteiger charge is 2.09. The summed E-state index contributed by atoms with van der Waals surface area (Å²) in [5.41, 5.74) is 2.19. The molecule has 0 bridgehead atoms. The molecule has 0 saturated heterocycles. The van der Waals surface area contributed by atoms with Crippen LogP contribution in [0, 0.1) is 6.92 Å². The van der Waals surface area contributed by atoms with Crippen LogP contribution in [0.1, 0.15) is 16.1 Å². The first-order valence-corrected chi connectivity index (χ1v) is 6.85. The van der Waals surface area contributed by atoms with Crippen LogP contribution in [0.4, 0.5) is 5.69 Å². The van der Waals surface area contributed by atoms with Crippen molar-refractivity contribution in [2.24, 2.45) is 0 Å². The molecule has 0 aliphatic rings. The zero-order valence-electron chi connectivity index (χ0n) is 9.58. The summed E-state index contributed by atoms with van der Waals surface area (Å²) >= 11 is 6.64. The Morgan fingerprint density at radius 1 is 1.22 bits per heavy atom. The first-order chi connectivity index (χ1) is 8.56. The molecule has 0 saturated carbocycles. The Bertz CT molecular complexity index is 599. The highest BCUT2D eigenvalue weighted by atomic mass is 79.9. The standard InChI is InChI=1S/C13H10Br2N2O/c1-8-5-6-9(14)11(7-8)17-13(18)10-3-2-4-12(15)16-10/h2-7H,1H3,(H,17,18). The molecule has 0 atom stereocenters. The summed E-state index contributed by atoms with van der Waals surface area (Å²) in [4.78, 5) is 16.1. The minimum Gasteiger partial charge on any atom is -0.320 e. The van der Waals surface area contributed by atoms with Crippen molar-refractivity contribution in [2.45, 2.75) is 6.92 Å². The molecule has 2 aromatic rings. The number of hydrogen-bond donors (Lipinski definition) is 1. The van der Waals surface area contributed by atoms with Gasteiger partial charge in [0.25, 0.3) is 5.91 Å². The highest BCUT2D eigenvalue weighted by molar-refractivity contribution is 9.10. The maximum Gasteiger partial charge on any atom is 0.274 e. The summed E-state index contributed by atoms with van der Waals surface area (Å²) in [7, 11) is 0. The van der Waals surface area contributed by atoms with Gasteiger partial charge in [-0.3, -0.25) is 4.79 Å². The first kappa shape index (κ1) is 13.2. The molecular formula is C13H10Br2N2O. The van der Waals surface area contributed by atoms with Gasteiger partial charge in [0.05, 0.1) is 5.69 Å². The smallest absolute Gasteiger partial charge is 0.274 e. The second-order valence-corrected chi connectivity index (χ2v) is 5.45. The van der Waals surface area contributed by atoms with E-state index in [1.807, 2.05) is 25.1 Å². The van der Waals surface area contributed by atoms with Crippen LogP contribution < -0.4 is 5.32 Å². The predicted octanol–water partition coefficient (Wildman–Crippen LogP) is 4.17.